The predicted molar refractivity (Wildman–Crippen MR) is 77.1 cm³/mol. The highest BCUT2D eigenvalue weighted by Gasteiger charge is 2.09. The van der Waals surface area contributed by atoms with Crippen LogP contribution in [-0.2, 0) is 0 Å². The molecule has 0 heterocycles. The minimum atomic E-state index is 0.424. The number of rotatable bonds is 2. The van der Waals surface area contributed by atoms with Crippen molar-refractivity contribution in [1.29, 1.82) is 0 Å². The lowest BCUT2D eigenvalue weighted by molar-refractivity contribution is 0.483. The van der Waals surface area contributed by atoms with Gasteiger partial charge in [-0.15, -0.1) is 0 Å². The van der Waals surface area contributed by atoms with Gasteiger partial charge < -0.3 is 10.5 Å². The zero-order chi connectivity index (χ0) is 13.3. The molecule has 0 amide bonds. The number of hydrogen-bond donors (Lipinski definition) is 1. The Morgan fingerprint density at radius 2 is 1.61 bits per heavy atom. The van der Waals surface area contributed by atoms with E-state index in [9.17, 15) is 0 Å². The minimum Gasteiger partial charge on any atom is -0.454 e. The van der Waals surface area contributed by atoms with Gasteiger partial charge in [0.15, 0.2) is 0 Å². The molecular weight excluding hydrogens is 293 g/mol. The third kappa shape index (κ3) is 2.83. The lowest BCUT2D eigenvalue weighted by Crippen LogP contribution is -1.92. The molecule has 0 bridgehead atoms. The van der Waals surface area contributed by atoms with Crippen LogP contribution in [0.4, 0.5) is 5.69 Å². The van der Waals surface area contributed by atoms with Crippen LogP contribution in [0.25, 0.3) is 0 Å². The Morgan fingerprint density at radius 3 is 2.28 bits per heavy atom. The zero-order valence-corrected chi connectivity index (χ0v) is 11.8. The largest absolute Gasteiger partial charge is 0.454 e. The summed E-state index contributed by atoms with van der Waals surface area (Å²) in [5.41, 5.74) is 7.26. The topological polar surface area (TPSA) is 35.2 Å². The smallest absolute Gasteiger partial charge is 0.146 e. The lowest BCUT2D eigenvalue weighted by atomic mass is 10.2. The van der Waals surface area contributed by atoms with Gasteiger partial charge in [-0.1, -0.05) is 34.8 Å². The van der Waals surface area contributed by atoms with Crippen molar-refractivity contribution in [2.24, 2.45) is 0 Å². The standard InChI is InChI=1S/C13H10Cl3NO/c1-7-4-13(10(16)6-11(7)17)18-12-3-2-8(14)5-9(12)15/h2-6H,17H2,1H3. The molecule has 2 rings (SSSR count). The molecule has 0 saturated carbocycles. The summed E-state index contributed by atoms with van der Waals surface area (Å²) in [6, 6.07) is 8.41. The van der Waals surface area contributed by atoms with Crippen LogP contribution in [0.3, 0.4) is 0 Å². The molecule has 0 aliphatic rings. The average molecular weight is 303 g/mol. The van der Waals surface area contributed by atoms with Crippen LogP contribution in [0, 0.1) is 6.92 Å². The van der Waals surface area contributed by atoms with E-state index >= 15 is 0 Å². The van der Waals surface area contributed by atoms with Crippen LogP contribution in [0.2, 0.25) is 15.1 Å². The second-order valence-electron chi connectivity index (χ2n) is 3.82. The van der Waals surface area contributed by atoms with E-state index < -0.39 is 0 Å². The molecule has 0 unspecified atom stereocenters. The van der Waals surface area contributed by atoms with E-state index in [0.29, 0.717) is 32.3 Å². The van der Waals surface area contributed by atoms with Crippen molar-refractivity contribution in [2.75, 3.05) is 5.73 Å². The minimum absolute atomic E-state index is 0.424. The number of benzene rings is 2. The van der Waals surface area contributed by atoms with Gasteiger partial charge in [0.1, 0.15) is 11.5 Å². The number of nitrogens with two attached hydrogens (primary N) is 1. The third-order valence-electron chi connectivity index (χ3n) is 2.43. The number of halogens is 3. The van der Waals surface area contributed by atoms with Gasteiger partial charge in [-0.05, 0) is 42.8 Å². The van der Waals surface area contributed by atoms with E-state index in [0.717, 1.165) is 5.56 Å². The van der Waals surface area contributed by atoms with Crippen molar-refractivity contribution >= 4 is 40.5 Å². The lowest BCUT2D eigenvalue weighted by Gasteiger charge is -2.11. The van der Waals surface area contributed by atoms with Gasteiger partial charge >= 0.3 is 0 Å². The summed E-state index contributed by atoms with van der Waals surface area (Å²) >= 11 is 17.9. The van der Waals surface area contributed by atoms with Gasteiger partial charge in [0.2, 0.25) is 0 Å². The quantitative estimate of drug-likeness (QED) is 0.761. The molecule has 0 aliphatic heterocycles. The Bertz CT molecular complexity index is 599. The maximum Gasteiger partial charge on any atom is 0.146 e. The Balaban J connectivity index is 2.37. The second kappa shape index (κ2) is 5.27. The summed E-state index contributed by atoms with van der Waals surface area (Å²) in [6.45, 7) is 1.88. The van der Waals surface area contributed by atoms with Crippen LogP contribution in [0.15, 0.2) is 30.3 Å². The Morgan fingerprint density at radius 1 is 0.944 bits per heavy atom. The van der Waals surface area contributed by atoms with Crippen LogP contribution in [0.5, 0.6) is 11.5 Å². The van der Waals surface area contributed by atoms with E-state index in [-0.39, 0.29) is 0 Å². The van der Waals surface area contributed by atoms with Crippen molar-refractivity contribution in [3.05, 3.63) is 51.0 Å². The van der Waals surface area contributed by atoms with Gasteiger partial charge in [-0.2, -0.15) is 0 Å². The van der Waals surface area contributed by atoms with Crippen molar-refractivity contribution in [2.45, 2.75) is 6.92 Å². The molecule has 2 nitrogen and oxygen atoms in total. The average Bonchev–Trinajstić information content (AvgIpc) is 2.29. The van der Waals surface area contributed by atoms with Crippen molar-refractivity contribution in [3.63, 3.8) is 0 Å². The molecule has 0 aliphatic carbocycles. The van der Waals surface area contributed by atoms with Crippen LogP contribution in [0.1, 0.15) is 5.56 Å². The van der Waals surface area contributed by atoms with Crippen molar-refractivity contribution < 1.29 is 4.74 Å². The highest BCUT2D eigenvalue weighted by atomic mass is 35.5. The number of anilines is 1. The fraction of sp³-hybridized carbons (Fsp3) is 0.0769. The Labute approximate surface area is 120 Å². The Kier molecular flexibility index (Phi) is 3.91. The molecule has 0 aromatic heterocycles. The first kappa shape index (κ1) is 13.3. The van der Waals surface area contributed by atoms with E-state index in [1.165, 1.54) is 0 Å². The zero-order valence-electron chi connectivity index (χ0n) is 9.51. The van der Waals surface area contributed by atoms with Gasteiger partial charge in [-0.25, -0.2) is 0 Å². The predicted octanol–water partition coefficient (Wildman–Crippen LogP) is 5.33. The highest BCUT2D eigenvalue weighted by molar-refractivity contribution is 6.35. The number of ether oxygens (including phenoxy) is 1. The van der Waals surface area contributed by atoms with E-state index in [2.05, 4.69) is 0 Å². The summed E-state index contributed by atoms with van der Waals surface area (Å²) in [5.74, 6) is 1.000. The summed E-state index contributed by atoms with van der Waals surface area (Å²) in [4.78, 5) is 0. The Hall–Kier alpha value is -1.09. The molecule has 0 radical (unpaired) electrons. The SMILES string of the molecule is Cc1cc(Oc2ccc(Cl)cc2Cl)c(Cl)cc1N. The van der Waals surface area contributed by atoms with E-state index in [4.69, 9.17) is 45.3 Å². The fourth-order valence-electron chi connectivity index (χ4n) is 1.43. The van der Waals surface area contributed by atoms with Crippen LogP contribution in [-0.4, -0.2) is 0 Å². The summed E-state index contributed by atoms with van der Waals surface area (Å²) in [6.07, 6.45) is 0. The molecule has 18 heavy (non-hydrogen) atoms. The normalized spacial score (nSPS) is 10.4. The molecule has 0 spiro atoms. The summed E-state index contributed by atoms with van der Waals surface area (Å²) in [7, 11) is 0. The van der Waals surface area contributed by atoms with Gasteiger partial charge in [0.25, 0.3) is 0 Å². The maximum atomic E-state index is 6.06. The molecule has 94 valence electrons. The van der Waals surface area contributed by atoms with Crippen LogP contribution >= 0.6 is 34.8 Å². The van der Waals surface area contributed by atoms with Crippen LogP contribution < -0.4 is 10.5 Å². The van der Waals surface area contributed by atoms with Gasteiger partial charge in [0.05, 0.1) is 10.0 Å². The monoisotopic (exact) mass is 301 g/mol. The third-order valence-corrected chi connectivity index (χ3v) is 3.26. The number of aryl methyl sites for hydroxylation is 1. The first-order valence-corrected chi connectivity index (χ1v) is 6.29. The molecule has 2 N–H and O–H groups in total. The molecule has 0 atom stereocenters. The molecule has 0 fully saturated rings. The first-order valence-electron chi connectivity index (χ1n) is 5.16. The number of nitrogen functional groups attached to an aromatic ring is 1. The van der Waals surface area contributed by atoms with E-state index in [1.54, 1.807) is 30.3 Å². The van der Waals surface area contributed by atoms with Gasteiger partial charge in [0, 0.05) is 10.7 Å². The molecule has 0 saturated heterocycles. The maximum absolute atomic E-state index is 6.06. The van der Waals surface area contributed by atoms with Crippen molar-refractivity contribution in [1.82, 2.24) is 0 Å². The first-order chi connectivity index (χ1) is 8.47. The van der Waals surface area contributed by atoms with Crippen molar-refractivity contribution in [3.8, 4) is 11.5 Å². The second-order valence-corrected chi connectivity index (χ2v) is 5.07. The molecule has 2 aromatic carbocycles. The summed E-state index contributed by atoms with van der Waals surface area (Å²) < 4.78 is 5.65. The highest BCUT2D eigenvalue weighted by Crippen LogP contribution is 2.36. The molecule has 5 heteroatoms. The summed E-state index contributed by atoms with van der Waals surface area (Å²) in [5, 5.41) is 1.41. The van der Waals surface area contributed by atoms with Gasteiger partial charge in [-0.3, -0.25) is 0 Å². The molecular formula is C13H10Cl3NO. The van der Waals surface area contributed by atoms with E-state index in [1.807, 2.05) is 6.92 Å². The number of hydrogen-bond acceptors (Lipinski definition) is 2. The molecule has 2 aromatic rings. The fourth-order valence-corrected chi connectivity index (χ4v) is 2.08.